The maximum atomic E-state index is 11.9. The molecule has 1 aliphatic carbocycles. The van der Waals surface area contributed by atoms with Gasteiger partial charge in [0.15, 0.2) is 0 Å². The van der Waals surface area contributed by atoms with Gasteiger partial charge in [0.2, 0.25) is 0 Å². The predicted octanol–water partition coefficient (Wildman–Crippen LogP) is 2.35. The summed E-state index contributed by atoms with van der Waals surface area (Å²) in [4.78, 5) is 46.0. The molecule has 0 heterocycles. The van der Waals surface area contributed by atoms with E-state index in [-0.39, 0.29) is 58.8 Å². The van der Waals surface area contributed by atoms with Gasteiger partial charge in [-0.05, 0) is 38.0 Å². The van der Waals surface area contributed by atoms with Crippen LogP contribution >= 0.6 is 0 Å². The number of alkyl carbamates (subject to hydrolysis) is 2. The Morgan fingerprint density at radius 3 is 1.65 bits per heavy atom. The molecule has 2 atom stereocenters. The van der Waals surface area contributed by atoms with Crippen molar-refractivity contribution in [2.24, 2.45) is 11.8 Å². The molecule has 0 aliphatic heterocycles. The summed E-state index contributed by atoms with van der Waals surface area (Å²) in [6.45, 7) is 9.16. The fourth-order valence-electron chi connectivity index (χ4n) is 3.55. The van der Waals surface area contributed by atoms with Crippen molar-refractivity contribution in [1.82, 2.24) is 10.6 Å². The van der Waals surface area contributed by atoms with Gasteiger partial charge in [0, 0.05) is 25.1 Å². The second-order valence-corrected chi connectivity index (χ2v) is 8.65. The first-order chi connectivity index (χ1) is 17.8. The minimum atomic E-state index is -0.508. The molecule has 0 radical (unpaired) electrons. The molecule has 0 aromatic heterocycles. The number of esters is 2. The molecule has 12 nitrogen and oxygen atoms in total. The van der Waals surface area contributed by atoms with Crippen LogP contribution in [-0.4, -0.2) is 90.1 Å². The summed E-state index contributed by atoms with van der Waals surface area (Å²) in [5.41, 5.74) is 0.325. The molecular formula is C25H42N2O10. The number of hydrogen-bond acceptors (Lipinski definition) is 10. The van der Waals surface area contributed by atoms with Gasteiger partial charge in [-0.3, -0.25) is 4.79 Å². The lowest BCUT2D eigenvalue weighted by Gasteiger charge is -2.29. The van der Waals surface area contributed by atoms with Crippen LogP contribution in [0.3, 0.4) is 0 Å². The van der Waals surface area contributed by atoms with Crippen molar-refractivity contribution in [3.8, 4) is 0 Å². The number of ether oxygens (including phenoxy) is 6. The molecule has 0 aromatic carbocycles. The zero-order valence-corrected chi connectivity index (χ0v) is 22.1. The van der Waals surface area contributed by atoms with Gasteiger partial charge in [-0.2, -0.15) is 0 Å². The second kappa shape index (κ2) is 20.2. The number of rotatable bonds is 18. The summed E-state index contributed by atoms with van der Waals surface area (Å²) in [6, 6.07) is 0. The van der Waals surface area contributed by atoms with Crippen molar-refractivity contribution in [3.63, 3.8) is 0 Å². The summed E-state index contributed by atoms with van der Waals surface area (Å²) in [5, 5.41) is 5.56. The first kappa shape index (κ1) is 32.2. The van der Waals surface area contributed by atoms with Crippen LogP contribution in [0.25, 0.3) is 0 Å². The number of amides is 2. The van der Waals surface area contributed by atoms with Crippen LogP contribution in [0.2, 0.25) is 0 Å². The van der Waals surface area contributed by atoms with Gasteiger partial charge in [0.05, 0.1) is 26.4 Å². The van der Waals surface area contributed by atoms with Gasteiger partial charge < -0.3 is 39.1 Å². The van der Waals surface area contributed by atoms with Crippen LogP contribution in [-0.2, 0) is 38.0 Å². The molecule has 1 aliphatic rings. The normalized spacial score (nSPS) is 16.8. The molecule has 0 saturated heterocycles. The van der Waals surface area contributed by atoms with E-state index in [9.17, 15) is 19.2 Å². The molecule has 2 amide bonds. The van der Waals surface area contributed by atoms with E-state index >= 15 is 0 Å². The van der Waals surface area contributed by atoms with E-state index in [1.54, 1.807) is 13.8 Å². The molecule has 1 rings (SSSR count). The summed E-state index contributed by atoms with van der Waals surface area (Å²) in [7, 11) is 0. The Morgan fingerprint density at radius 1 is 0.730 bits per heavy atom. The summed E-state index contributed by atoms with van der Waals surface area (Å²) in [6.07, 6.45) is 3.21. The third-order valence-electron chi connectivity index (χ3n) is 5.47. The smallest absolute Gasteiger partial charge is 0.407 e. The van der Waals surface area contributed by atoms with Crippen molar-refractivity contribution in [2.75, 3.05) is 65.9 Å². The quantitative estimate of drug-likeness (QED) is 0.117. The van der Waals surface area contributed by atoms with Crippen LogP contribution < -0.4 is 10.6 Å². The predicted molar refractivity (Wildman–Crippen MR) is 133 cm³/mol. The van der Waals surface area contributed by atoms with E-state index in [1.165, 1.54) is 0 Å². The SMILES string of the molecule is C=C(C)C(=O)OCCOCCOC(=O)NCC1CCCC(CNC(=O)OCCOCCOC(=O)CC)C1. The number of carbonyl (C=O) groups excluding carboxylic acids is 4. The largest absolute Gasteiger partial charge is 0.463 e. The minimum Gasteiger partial charge on any atom is -0.463 e. The van der Waals surface area contributed by atoms with Gasteiger partial charge in [-0.25, -0.2) is 14.4 Å². The fourth-order valence-corrected chi connectivity index (χ4v) is 3.55. The first-order valence-corrected chi connectivity index (χ1v) is 12.8. The molecule has 0 spiro atoms. The van der Waals surface area contributed by atoms with Crippen molar-refractivity contribution < 1.29 is 47.6 Å². The zero-order chi connectivity index (χ0) is 27.3. The van der Waals surface area contributed by atoms with E-state index in [0.717, 1.165) is 25.7 Å². The fraction of sp³-hybridized carbons (Fsp3) is 0.760. The molecule has 212 valence electrons. The van der Waals surface area contributed by atoms with Crippen molar-refractivity contribution in [1.29, 1.82) is 0 Å². The monoisotopic (exact) mass is 530 g/mol. The van der Waals surface area contributed by atoms with Crippen LogP contribution in [0.5, 0.6) is 0 Å². The average molecular weight is 531 g/mol. The van der Waals surface area contributed by atoms with Gasteiger partial charge in [-0.1, -0.05) is 19.9 Å². The Balaban J connectivity index is 2.03. The molecular weight excluding hydrogens is 488 g/mol. The summed E-state index contributed by atoms with van der Waals surface area (Å²) in [5.74, 6) is -0.134. The van der Waals surface area contributed by atoms with E-state index in [4.69, 9.17) is 28.4 Å². The molecule has 0 aromatic rings. The molecule has 1 fully saturated rings. The number of carbonyl (C=O) groups is 4. The molecule has 0 bridgehead atoms. The Kier molecular flexibility index (Phi) is 17.6. The van der Waals surface area contributed by atoms with E-state index in [1.807, 2.05) is 0 Å². The highest BCUT2D eigenvalue weighted by Crippen LogP contribution is 2.28. The van der Waals surface area contributed by atoms with Crippen LogP contribution in [0.15, 0.2) is 12.2 Å². The third-order valence-corrected chi connectivity index (χ3v) is 5.47. The lowest BCUT2D eigenvalue weighted by molar-refractivity contribution is -0.145. The van der Waals surface area contributed by atoms with Crippen LogP contribution in [0.1, 0.15) is 46.0 Å². The van der Waals surface area contributed by atoms with Gasteiger partial charge in [0.25, 0.3) is 0 Å². The summed E-state index contributed by atoms with van der Waals surface area (Å²) >= 11 is 0. The van der Waals surface area contributed by atoms with Crippen molar-refractivity contribution in [2.45, 2.75) is 46.0 Å². The van der Waals surface area contributed by atoms with Crippen LogP contribution in [0, 0.1) is 11.8 Å². The van der Waals surface area contributed by atoms with Crippen molar-refractivity contribution in [3.05, 3.63) is 12.2 Å². The maximum Gasteiger partial charge on any atom is 0.407 e. The first-order valence-electron chi connectivity index (χ1n) is 12.8. The Hall–Kier alpha value is -2.86. The standard InChI is InChI=1S/C25H42N2O10/c1-4-22(28)34-12-8-32-10-14-36-24(30)26-17-20-6-5-7-21(16-20)18-27-25(31)37-15-11-33-9-13-35-23(29)19(2)3/h20-21H,2,4-18H2,1,3H3,(H,26,30)(H,27,31). The Bertz CT molecular complexity index is 716. The van der Waals surface area contributed by atoms with Gasteiger partial charge >= 0.3 is 24.1 Å². The van der Waals surface area contributed by atoms with Gasteiger partial charge in [-0.15, -0.1) is 0 Å². The Morgan fingerprint density at radius 2 is 1.19 bits per heavy atom. The van der Waals surface area contributed by atoms with Gasteiger partial charge in [0.1, 0.15) is 26.4 Å². The number of hydrogen-bond donors (Lipinski definition) is 2. The molecule has 2 N–H and O–H groups in total. The second-order valence-electron chi connectivity index (χ2n) is 8.65. The highest BCUT2D eigenvalue weighted by Gasteiger charge is 2.23. The zero-order valence-electron chi connectivity index (χ0n) is 22.1. The maximum absolute atomic E-state index is 11.9. The molecule has 2 unspecified atom stereocenters. The minimum absolute atomic E-state index is 0.0942. The summed E-state index contributed by atoms with van der Waals surface area (Å²) < 4.78 is 30.4. The lowest BCUT2D eigenvalue weighted by atomic mass is 9.81. The highest BCUT2D eigenvalue weighted by atomic mass is 16.6. The molecule has 1 saturated carbocycles. The van der Waals surface area contributed by atoms with E-state index in [0.29, 0.717) is 36.9 Å². The average Bonchev–Trinajstić information content (AvgIpc) is 2.89. The third kappa shape index (κ3) is 17.3. The lowest BCUT2D eigenvalue weighted by Crippen LogP contribution is -2.36. The number of nitrogens with one attached hydrogen (secondary N) is 2. The molecule has 37 heavy (non-hydrogen) atoms. The van der Waals surface area contributed by atoms with Crippen LogP contribution in [0.4, 0.5) is 9.59 Å². The highest BCUT2D eigenvalue weighted by molar-refractivity contribution is 5.86. The van der Waals surface area contributed by atoms with E-state index in [2.05, 4.69) is 17.2 Å². The topological polar surface area (TPSA) is 148 Å². The van der Waals surface area contributed by atoms with E-state index < -0.39 is 18.2 Å². The van der Waals surface area contributed by atoms with Crippen molar-refractivity contribution >= 4 is 24.1 Å². The molecule has 12 heteroatoms. The Labute approximate surface area is 218 Å².